The van der Waals surface area contributed by atoms with E-state index >= 15 is 0 Å². The highest BCUT2D eigenvalue weighted by molar-refractivity contribution is 7.10. The first-order valence-corrected chi connectivity index (χ1v) is 7.96. The molecule has 1 heterocycles. The zero-order valence-corrected chi connectivity index (χ0v) is 13.5. The first kappa shape index (κ1) is 15.1. The van der Waals surface area contributed by atoms with E-state index in [9.17, 15) is 0 Å². The zero-order valence-electron chi connectivity index (χ0n) is 12.7. The summed E-state index contributed by atoms with van der Waals surface area (Å²) in [6.45, 7) is 7.53. The molecule has 0 fully saturated rings. The second-order valence-electron chi connectivity index (χ2n) is 5.12. The maximum Gasteiger partial charge on any atom is 0.129 e. The Morgan fingerprint density at radius 1 is 1.20 bits per heavy atom. The fraction of sp³-hybridized carbons (Fsp3) is 0.412. The van der Waals surface area contributed by atoms with Gasteiger partial charge in [-0.15, -0.1) is 11.3 Å². The fourth-order valence-corrected chi connectivity index (χ4v) is 3.16. The summed E-state index contributed by atoms with van der Waals surface area (Å²) >= 11 is 1.75. The Hall–Kier alpha value is -1.32. The van der Waals surface area contributed by atoms with Crippen LogP contribution in [0.3, 0.4) is 0 Å². The van der Waals surface area contributed by atoms with Gasteiger partial charge in [0.05, 0.1) is 13.2 Å². The number of benzene rings is 1. The monoisotopic (exact) mass is 289 g/mol. The molecule has 0 saturated heterocycles. The second-order valence-corrected chi connectivity index (χ2v) is 6.06. The average molecular weight is 289 g/mol. The van der Waals surface area contributed by atoms with Gasteiger partial charge >= 0.3 is 0 Å². The molecule has 1 atom stereocenters. The van der Waals surface area contributed by atoms with Crippen molar-refractivity contribution in [3.05, 3.63) is 51.2 Å². The van der Waals surface area contributed by atoms with Gasteiger partial charge < -0.3 is 10.1 Å². The Bertz CT molecular complexity index is 562. The summed E-state index contributed by atoms with van der Waals surface area (Å²) in [4.78, 5) is 1.30. The molecular weight excluding hydrogens is 266 g/mol. The molecule has 1 aromatic heterocycles. The predicted octanol–water partition coefficient (Wildman–Crippen LogP) is 4.46. The van der Waals surface area contributed by atoms with Crippen LogP contribution in [0.1, 0.15) is 41.0 Å². The predicted molar refractivity (Wildman–Crippen MR) is 86.9 cm³/mol. The van der Waals surface area contributed by atoms with Gasteiger partial charge in [-0.2, -0.15) is 0 Å². The van der Waals surface area contributed by atoms with Gasteiger partial charge in [-0.3, -0.25) is 0 Å². The van der Waals surface area contributed by atoms with Gasteiger partial charge in [0.15, 0.2) is 0 Å². The minimum Gasteiger partial charge on any atom is -0.496 e. The van der Waals surface area contributed by atoms with Gasteiger partial charge in [0.2, 0.25) is 0 Å². The standard InChI is InChI=1S/C17H23NOS/c1-5-8-18-17(16-10-15(19-4)11-20-16)14-7-6-12(2)13(3)9-14/h6-7,9-11,17-18H,5,8H2,1-4H3. The molecule has 1 aromatic carbocycles. The Kier molecular flexibility index (Phi) is 5.21. The lowest BCUT2D eigenvalue weighted by molar-refractivity contribution is 0.416. The zero-order chi connectivity index (χ0) is 14.5. The summed E-state index contributed by atoms with van der Waals surface area (Å²) in [5, 5.41) is 5.71. The van der Waals surface area contributed by atoms with Crippen LogP contribution in [0.2, 0.25) is 0 Å². The van der Waals surface area contributed by atoms with E-state index < -0.39 is 0 Å². The number of rotatable bonds is 6. The van der Waals surface area contributed by atoms with E-state index in [2.05, 4.69) is 55.7 Å². The molecule has 0 radical (unpaired) electrons. The largest absolute Gasteiger partial charge is 0.496 e. The minimum absolute atomic E-state index is 0.253. The van der Waals surface area contributed by atoms with Crippen molar-refractivity contribution in [1.29, 1.82) is 0 Å². The Morgan fingerprint density at radius 2 is 2.00 bits per heavy atom. The number of nitrogens with one attached hydrogen (secondary N) is 1. The van der Waals surface area contributed by atoms with Crippen LogP contribution in [-0.4, -0.2) is 13.7 Å². The maximum absolute atomic E-state index is 5.31. The fourth-order valence-electron chi connectivity index (χ4n) is 2.21. The molecule has 0 aliphatic rings. The van der Waals surface area contributed by atoms with Gasteiger partial charge in [-0.1, -0.05) is 25.1 Å². The first-order chi connectivity index (χ1) is 9.65. The van der Waals surface area contributed by atoms with Crippen LogP contribution in [0.5, 0.6) is 5.75 Å². The molecule has 1 unspecified atom stereocenters. The number of hydrogen-bond acceptors (Lipinski definition) is 3. The molecule has 108 valence electrons. The summed E-state index contributed by atoms with van der Waals surface area (Å²) in [6.07, 6.45) is 1.13. The maximum atomic E-state index is 5.31. The third-order valence-corrected chi connectivity index (χ3v) is 4.55. The van der Waals surface area contributed by atoms with E-state index in [0.717, 1.165) is 18.7 Å². The normalized spacial score (nSPS) is 12.4. The topological polar surface area (TPSA) is 21.3 Å². The summed E-state index contributed by atoms with van der Waals surface area (Å²) in [5.74, 6) is 0.942. The van der Waals surface area contributed by atoms with Gasteiger partial charge in [-0.05, 0) is 49.6 Å². The van der Waals surface area contributed by atoms with E-state index in [0.29, 0.717) is 0 Å². The van der Waals surface area contributed by atoms with E-state index in [-0.39, 0.29) is 6.04 Å². The summed E-state index contributed by atoms with van der Waals surface area (Å²) in [5.41, 5.74) is 4.01. The van der Waals surface area contributed by atoms with Gasteiger partial charge in [0, 0.05) is 10.3 Å². The van der Waals surface area contributed by atoms with Crippen LogP contribution < -0.4 is 10.1 Å². The third-order valence-electron chi connectivity index (χ3n) is 3.58. The summed E-state index contributed by atoms with van der Waals surface area (Å²) in [6, 6.07) is 9.10. The first-order valence-electron chi connectivity index (χ1n) is 7.08. The molecule has 2 nitrogen and oxygen atoms in total. The molecule has 0 bridgehead atoms. The molecule has 20 heavy (non-hydrogen) atoms. The van der Waals surface area contributed by atoms with Crippen molar-refractivity contribution in [1.82, 2.24) is 5.32 Å². The molecular formula is C17H23NOS. The second kappa shape index (κ2) is 6.91. The van der Waals surface area contributed by atoms with Crippen molar-refractivity contribution < 1.29 is 4.74 Å². The molecule has 0 amide bonds. The smallest absolute Gasteiger partial charge is 0.129 e. The van der Waals surface area contributed by atoms with Crippen LogP contribution in [0, 0.1) is 13.8 Å². The summed E-state index contributed by atoms with van der Waals surface area (Å²) < 4.78 is 5.31. The lowest BCUT2D eigenvalue weighted by Gasteiger charge is -2.18. The molecule has 2 aromatic rings. The van der Waals surface area contributed by atoms with Crippen LogP contribution in [0.25, 0.3) is 0 Å². The van der Waals surface area contributed by atoms with E-state index in [4.69, 9.17) is 4.74 Å². The van der Waals surface area contributed by atoms with Crippen molar-refractivity contribution in [3.63, 3.8) is 0 Å². The Morgan fingerprint density at radius 3 is 2.60 bits per heavy atom. The molecule has 0 aliphatic heterocycles. The van der Waals surface area contributed by atoms with Crippen LogP contribution in [-0.2, 0) is 0 Å². The summed E-state index contributed by atoms with van der Waals surface area (Å²) in [7, 11) is 1.72. The van der Waals surface area contributed by atoms with Crippen molar-refractivity contribution in [2.75, 3.05) is 13.7 Å². The minimum atomic E-state index is 0.253. The number of aryl methyl sites for hydroxylation is 2. The third kappa shape index (κ3) is 3.41. The van der Waals surface area contributed by atoms with E-state index in [1.807, 2.05) is 0 Å². The van der Waals surface area contributed by atoms with Crippen molar-refractivity contribution in [2.24, 2.45) is 0 Å². The number of ether oxygens (including phenoxy) is 1. The molecule has 0 spiro atoms. The van der Waals surface area contributed by atoms with E-state index in [1.54, 1.807) is 18.4 Å². The van der Waals surface area contributed by atoms with Crippen molar-refractivity contribution in [3.8, 4) is 5.75 Å². The van der Waals surface area contributed by atoms with Crippen LogP contribution >= 0.6 is 11.3 Å². The molecule has 0 aliphatic carbocycles. The van der Waals surface area contributed by atoms with E-state index in [1.165, 1.54) is 21.6 Å². The number of thiophene rings is 1. The SMILES string of the molecule is CCCNC(c1ccc(C)c(C)c1)c1cc(OC)cs1. The molecule has 3 heteroatoms. The van der Waals surface area contributed by atoms with Crippen molar-refractivity contribution in [2.45, 2.75) is 33.2 Å². The molecule has 1 N–H and O–H groups in total. The average Bonchev–Trinajstić information content (AvgIpc) is 2.92. The van der Waals surface area contributed by atoms with Gasteiger partial charge in [0.25, 0.3) is 0 Å². The van der Waals surface area contributed by atoms with Crippen molar-refractivity contribution >= 4 is 11.3 Å². The van der Waals surface area contributed by atoms with Gasteiger partial charge in [-0.25, -0.2) is 0 Å². The van der Waals surface area contributed by atoms with Crippen LogP contribution in [0.15, 0.2) is 29.6 Å². The quantitative estimate of drug-likeness (QED) is 0.847. The lowest BCUT2D eigenvalue weighted by atomic mass is 10.00. The number of hydrogen-bond donors (Lipinski definition) is 1. The Balaban J connectivity index is 2.32. The highest BCUT2D eigenvalue weighted by Crippen LogP contribution is 2.31. The highest BCUT2D eigenvalue weighted by atomic mass is 32.1. The highest BCUT2D eigenvalue weighted by Gasteiger charge is 2.16. The lowest BCUT2D eigenvalue weighted by Crippen LogP contribution is -2.22. The van der Waals surface area contributed by atoms with Crippen LogP contribution in [0.4, 0.5) is 0 Å². The molecule has 0 saturated carbocycles. The Labute approximate surface area is 125 Å². The van der Waals surface area contributed by atoms with Gasteiger partial charge in [0.1, 0.15) is 5.75 Å². The number of methoxy groups -OCH3 is 1. The molecule has 2 rings (SSSR count).